The summed E-state index contributed by atoms with van der Waals surface area (Å²) in [5, 5.41) is 0. The first-order valence-corrected chi connectivity index (χ1v) is 14.5. The predicted octanol–water partition coefficient (Wildman–Crippen LogP) is 5.20. The van der Waals surface area contributed by atoms with E-state index in [0.29, 0.717) is 6.10 Å². The van der Waals surface area contributed by atoms with E-state index in [1.807, 2.05) is 25.7 Å². The molecule has 1 aromatic rings. The maximum Gasteiger partial charge on any atom is 0.410 e. The quantitative estimate of drug-likeness (QED) is 0.499. The highest BCUT2D eigenvalue weighted by Gasteiger charge is 2.45. The van der Waals surface area contributed by atoms with Gasteiger partial charge in [-0.3, -0.25) is 4.90 Å². The van der Waals surface area contributed by atoms with Gasteiger partial charge in [-0.25, -0.2) is 4.79 Å². The van der Waals surface area contributed by atoms with Gasteiger partial charge in [-0.15, -0.1) is 0 Å². The van der Waals surface area contributed by atoms with Crippen molar-refractivity contribution in [2.24, 2.45) is 0 Å². The smallest absolute Gasteiger partial charge is 0.410 e. The molecule has 206 valence electrons. The van der Waals surface area contributed by atoms with Crippen molar-refractivity contribution in [1.82, 2.24) is 9.80 Å². The number of fused-ring (bicyclic) bond motifs is 2. The molecule has 4 aliphatic rings. The molecule has 1 amide bonds. The van der Waals surface area contributed by atoms with Crippen molar-refractivity contribution in [1.29, 1.82) is 0 Å². The lowest BCUT2D eigenvalue weighted by molar-refractivity contribution is -0.0812. The SMILES string of the molecule is CC(C)(C)OC(=O)N1[C@@H]2CC[C@H]1C[C@H](O[C@H]1CC[C@H](Oc3ccc(CCN4CCOCC4)cc3)CC1)C2. The molecule has 0 N–H and O–H groups in total. The number of nitrogens with zero attached hydrogens (tertiary/aromatic N) is 2. The maximum absolute atomic E-state index is 12.7. The highest BCUT2D eigenvalue weighted by atomic mass is 16.6. The minimum absolute atomic E-state index is 0.152. The molecule has 4 fully saturated rings. The van der Waals surface area contributed by atoms with Crippen molar-refractivity contribution in [2.75, 3.05) is 32.8 Å². The van der Waals surface area contributed by atoms with E-state index < -0.39 is 5.60 Å². The van der Waals surface area contributed by atoms with Crippen molar-refractivity contribution < 1.29 is 23.7 Å². The second-order valence-corrected chi connectivity index (χ2v) is 12.4. The number of carbonyl (C=O) groups is 1. The molecule has 5 rings (SSSR count). The Balaban J connectivity index is 1.02. The van der Waals surface area contributed by atoms with Gasteiger partial charge in [0.2, 0.25) is 0 Å². The van der Waals surface area contributed by atoms with Crippen molar-refractivity contribution >= 4 is 6.09 Å². The number of ether oxygens (including phenoxy) is 4. The summed E-state index contributed by atoms with van der Waals surface area (Å²) < 4.78 is 24.0. The number of morpholine rings is 1. The Morgan fingerprint density at radius 1 is 0.892 bits per heavy atom. The van der Waals surface area contributed by atoms with Crippen LogP contribution in [0.4, 0.5) is 4.79 Å². The van der Waals surface area contributed by atoms with Crippen LogP contribution in [0, 0.1) is 0 Å². The normalized spacial score (nSPS) is 30.8. The first-order valence-electron chi connectivity index (χ1n) is 14.5. The summed E-state index contributed by atoms with van der Waals surface area (Å²) >= 11 is 0. The van der Waals surface area contributed by atoms with Crippen LogP contribution < -0.4 is 4.74 Å². The molecule has 3 saturated heterocycles. The van der Waals surface area contributed by atoms with Crippen LogP contribution in [0.15, 0.2) is 24.3 Å². The lowest BCUT2D eigenvalue weighted by atomic mass is 9.93. The van der Waals surface area contributed by atoms with Gasteiger partial charge in [0, 0.05) is 31.7 Å². The Bertz CT molecular complexity index is 857. The lowest BCUT2D eigenvalue weighted by Gasteiger charge is -2.41. The van der Waals surface area contributed by atoms with Gasteiger partial charge in [0.05, 0.1) is 31.5 Å². The van der Waals surface area contributed by atoms with Crippen LogP contribution in [-0.2, 0) is 20.6 Å². The van der Waals surface area contributed by atoms with Crippen LogP contribution in [0.1, 0.15) is 77.7 Å². The second-order valence-electron chi connectivity index (χ2n) is 12.4. The Morgan fingerprint density at radius 3 is 2.14 bits per heavy atom. The average Bonchev–Trinajstić information content (AvgIpc) is 3.15. The zero-order valence-electron chi connectivity index (χ0n) is 23.0. The molecule has 1 aromatic carbocycles. The summed E-state index contributed by atoms with van der Waals surface area (Å²) in [6, 6.07) is 9.20. The van der Waals surface area contributed by atoms with Gasteiger partial charge in [-0.2, -0.15) is 0 Å². The molecule has 7 heteroatoms. The lowest BCUT2D eigenvalue weighted by Crippen LogP contribution is -2.50. The third-order valence-corrected chi connectivity index (χ3v) is 8.35. The molecule has 0 radical (unpaired) electrons. The zero-order chi connectivity index (χ0) is 25.8. The summed E-state index contributed by atoms with van der Waals surface area (Å²) in [5.41, 5.74) is 0.915. The summed E-state index contributed by atoms with van der Waals surface area (Å²) in [6.07, 6.45) is 9.91. The van der Waals surface area contributed by atoms with Crippen molar-refractivity contribution in [3.8, 4) is 5.75 Å². The number of hydrogen-bond acceptors (Lipinski definition) is 6. The van der Waals surface area contributed by atoms with Gasteiger partial charge in [-0.05, 0) is 96.3 Å². The van der Waals surface area contributed by atoms with Gasteiger partial charge in [0.25, 0.3) is 0 Å². The van der Waals surface area contributed by atoms with E-state index in [2.05, 4.69) is 29.2 Å². The van der Waals surface area contributed by atoms with Gasteiger partial charge < -0.3 is 23.8 Å². The Kier molecular flexibility index (Phi) is 8.62. The van der Waals surface area contributed by atoms with Gasteiger partial charge in [-0.1, -0.05) is 12.1 Å². The van der Waals surface area contributed by atoms with Crippen molar-refractivity contribution in [3.05, 3.63) is 29.8 Å². The van der Waals surface area contributed by atoms with E-state index >= 15 is 0 Å². The largest absolute Gasteiger partial charge is 0.490 e. The van der Waals surface area contributed by atoms with Crippen LogP contribution in [-0.4, -0.2) is 84.7 Å². The first-order chi connectivity index (χ1) is 17.8. The molecule has 0 unspecified atom stereocenters. The van der Waals surface area contributed by atoms with E-state index in [9.17, 15) is 4.79 Å². The fraction of sp³-hybridized carbons (Fsp3) is 0.767. The Morgan fingerprint density at radius 2 is 1.51 bits per heavy atom. The highest BCUT2D eigenvalue weighted by Crippen LogP contribution is 2.39. The fourth-order valence-electron chi connectivity index (χ4n) is 6.45. The first kappa shape index (κ1) is 26.8. The molecule has 7 nitrogen and oxygen atoms in total. The molecule has 3 atom stereocenters. The minimum Gasteiger partial charge on any atom is -0.490 e. The van der Waals surface area contributed by atoms with Crippen LogP contribution in [0.3, 0.4) is 0 Å². The monoisotopic (exact) mass is 514 g/mol. The minimum atomic E-state index is -0.449. The number of hydrogen-bond donors (Lipinski definition) is 0. The molecule has 37 heavy (non-hydrogen) atoms. The molecule has 0 spiro atoms. The molecule has 2 bridgehead atoms. The number of rotatable bonds is 7. The van der Waals surface area contributed by atoms with E-state index in [4.69, 9.17) is 18.9 Å². The fourth-order valence-corrected chi connectivity index (χ4v) is 6.45. The van der Waals surface area contributed by atoms with Crippen LogP contribution in [0.2, 0.25) is 0 Å². The maximum atomic E-state index is 12.7. The van der Waals surface area contributed by atoms with E-state index in [-0.39, 0.29) is 30.4 Å². The molecular weight excluding hydrogens is 468 g/mol. The summed E-state index contributed by atoms with van der Waals surface area (Å²) in [7, 11) is 0. The van der Waals surface area contributed by atoms with Crippen molar-refractivity contribution in [2.45, 2.75) is 115 Å². The standard InChI is InChI=1S/C30H46N2O5/c1-30(2,3)37-29(33)32-23-6-7-24(32)21-28(20-23)36-27-12-10-26(11-13-27)35-25-8-4-22(5-9-25)14-15-31-16-18-34-19-17-31/h4-5,8-9,23-24,26-28H,6-7,10-21H2,1-3H3/t23-,24+,26-,27-,28-. The van der Waals surface area contributed by atoms with Gasteiger partial charge in [0.15, 0.2) is 0 Å². The zero-order valence-corrected chi connectivity index (χ0v) is 23.0. The van der Waals surface area contributed by atoms with Crippen LogP contribution >= 0.6 is 0 Å². The van der Waals surface area contributed by atoms with Gasteiger partial charge in [0.1, 0.15) is 11.4 Å². The van der Waals surface area contributed by atoms with E-state index in [1.165, 1.54) is 5.56 Å². The van der Waals surface area contributed by atoms with Crippen molar-refractivity contribution in [3.63, 3.8) is 0 Å². The molecule has 0 aromatic heterocycles. The van der Waals surface area contributed by atoms with Gasteiger partial charge >= 0.3 is 6.09 Å². The summed E-state index contributed by atoms with van der Waals surface area (Å²) in [4.78, 5) is 17.2. The number of piperidine rings is 1. The molecule has 3 heterocycles. The molecule has 3 aliphatic heterocycles. The topological polar surface area (TPSA) is 60.5 Å². The summed E-state index contributed by atoms with van der Waals surface area (Å²) in [5.74, 6) is 0.977. The second kappa shape index (κ2) is 11.9. The number of amides is 1. The third-order valence-electron chi connectivity index (χ3n) is 8.35. The predicted molar refractivity (Wildman–Crippen MR) is 143 cm³/mol. The average molecular weight is 515 g/mol. The summed E-state index contributed by atoms with van der Waals surface area (Å²) in [6.45, 7) is 10.7. The van der Waals surface area contributed by atoms with Crippen LogP contribution in [0.5, 0.6) is 5.75 Å². The van der Waals surface area contributed by atoms with E-state index in [1.54, 1.807) is 0 Å². The highest BCUT2D eigenvalue weighted by molar-refractivity contribution is 5.69. The third kappa shape index (κ3) is 7.39. The van der Waals surface area contributed by atoms with E-state index in [0.717, 1.165) is 96.4 Å². The molecular formula is C30H46N2O5. The van der Waals surface area contributed by atoms with Crippen LogP contribution in [0.25, 0.3) is 0 Å². The number of benzene rings is 1. The Labute approximate surface area is 222 Å². The Hall–Kier alpha value is -1.83. The molecule has 1 aliphatic carbocycles. The number of carbonyl (C=O) groups excluding carboxylic acids is 1. The molecule has 1 saturated carbocycles.